The van der Waals surface area contributed by atoms with Gasteiger partial charge >= 0.3 is 0 Å². The van der Waals surface area contributed by atoms with Gasteiger partial charge in [-0.05, 0) is 35.5 Å². The van der Waals surface area contributed by atoms with E-state index >= 15 is 0 Å². The lowest BCUT2D eigenvalue weighted by Gasteiger charge is -2.30. The van der Waals surface area contributed by atoms with Crippen LogP contribution in [0.5, 0.6) is 0 Å². The fourth-order valence-corrected chi connectivity index (χ4v) is 3.38. The van der Waals surface area contributed by atoms with E-state index in [-0.39, 0.29) is 11.9 Å². The van der Waals surface area contributed by atoms with E-state index in [1.807, 2.05) is 61.5 Å². The quantitative estimate of drug-likeness (QED) is 0.656. The van der Waals surface area contributed by atoms with Gasteiger partial charge in [-0.25, -0.2) is 0 Å². The average Bonchev–Trinajstić information content (AvgIpc) is 2.69. The minimum atomic E-state index is -0.263. The molecule has 26 heavy (non-hydrogen) atoms. The maximum Gasteiger partial charge on any atom is 0.244 e. The van der Waals surface area contributed by atoms with Gasteiger partial charge in [0, 0.05) is 13.6 Å². The average molecular weight is 346 g/mol. The molecule has 0 bridgehead atoms. The normalized spacial score (nSPS) is 12.3. The van der Waals surface area contributed by atoms with Gasteiger partial charge in [0.2, 0.25) is 5.91 Å². The second-order valence-electron chi connectivity index (χ2n) is 6.72. The lowest BCUT2D eigenvalue weighted by molar-refractivity contribution is -0.136. The van der Waals surface area contributed by atoms with Crippen LogP contribution in [0.1, 0.15) is 24.1 Å². The van der Waals surface area contributed by atoms with E-state index in [0.29, 0.717) is 6.54 Å². The molecule has 0 fully saturated rings. The Labute approximate surface area is 155 Å². The molecule has 3 heteroatoms. The van der Waals surface area contributed by atoms with Crippen molar-refractivity contribution >= 4 is 16.7 Å². The molecule has 0 saturated heterocycles. The van der Waals surface area contributed by atoms with Crippen LogP contribution in [0.3, 0.4) is 0 Å². The van der Waals surface area contributed by atoms with Crippen LogP contribution in [-0.4, -0.2) is 36.3 Å². The summed E-state index contributed by atoms with van der Waals surface area (Å²) < 4.78 is 0. The number of carbonyl (C=O) groups excluding carboxylic acids is 1. The first-order valence-electron chi connectivity index (χ1n) is 9.08. The molecule has 1 atom stereocenters. The monoisotopic (exact) mass is 346 g/mol. The molecule has 0 N–H and O–H groups in total. The smallest absolute Gasteiger partial charge is 0.244 e. The number of hydrogen-bond acceptors (Lipinski definition) is 2. The molecule has 0 aliphatic carbocycles. The summed E-state index contributed by atoms with van der Waals surface area (Å²) in [6.45, 7) is 3.49. The van der Waals surface area contributed by atoms with Gasteiger partial charge in [-0.15, -0.1) is 0 Å². The van der Waals surface area contributed by atoms with Crippen molar-refractivity contribution in [3.05, 3.63) is 83.9 Å². The van der Waals surface area contributed by atoms with Crippen LogP contribution in [0, 0.1) is 0 Å². The molecule has 3 aromatic rings. The zero-order valence-corrected chi connectivity index (χ0v) is 15.7. The highest BCUT2D eigenvalue weighted by atomic mass is 16.2. The van der Waals surface area contributed by atoms with E-state index in [4.69, 9.17) is 0 Å². The number of nitrogens with zero attached hydrogens (tertiary/aromatic N) is 2. The van der Waals surface area contributed by atoms with Gasteiger partial charge in [-0.3, -0.25) is 9.69 Å². The lowest BCUT2D eigenvalue weighted by atomic mass is 10.0. The molecule has 134 valence electrons. The molecular weight excluding hydrogens is 320 g/mol. The Balaban J connectivity index is 1.87. The van der Waals surface area contributed by atoms with Crippen LogP contribution >= 0.6 is 0 Å². The Bertz CT molecular complexity index is 870. The summed E-state index contributed by atoms with van der Waals surface area (Å²) in [6, 6.07) is 24.4. The Morgan fingerprint density at radius 2 is 1.54 bits per heavy atom. The standard InChI is InChI=1S/C23H26N2O/c1-4-24(2)22(19-12-6-5-7-13-19)23(26)25(3)17-20-15-10-14-18-11-8-9-16-21(18)20/h5-16,22H,4,17H2,1-3H3. The van der Waals surface area contributed by atoms with Crippen LogP contribution in [-0.2, 0) is 11.3 Å². The van der Waals surface area contributed by atoms with Crippen molar-refractivity contribution in [2.24, 2.45) is 0 Å². The third-order valence-corrected chi connectivity index (χ3v) is 4.95. The van der Waals surface area contributed by atoms with Crippen LogP contribution in [0.25, 0.3) is 10.8 Å². The van der Waals surface area contributed by atoms with Gasteiger partial charge in [-0.1, -0.05) is 79.7 Å². The molecule has 0 aromatic heterocycles. The van der Waals surface area contributed by atoms with Crippen LogP contribution in [0.4, 0.5) is 0 Å². The van der Waals surface area contributed by atoms with Gasteiger partial charge in [-0.2, -0.15) is 0 Å². The molecule has 0 spiro atoms. The minimum absolute atomic E-state index is 0.119. The van der Waals surface area contributed by atoms with Gasteiger partial charge in [0.1, 0.15) is 6.04 Å². The third kappa shape index (κ3) is 3.78. The maximum atomic E-state index is 13.3. The topological polar surface area (TPSA) is 23.6 Å². The fraction of sp³-hybridized carbons (Fsp3) is 0.261. The van der Waals surface area contributed by atoms with Crippen LogP contribution < -0.4 is 0 Å². The molecule has 3 aromatic carbocycles. The second-order valence-corrected chi connectivity index (χ2v) is 6.72. The predicted octanol–water partition coefficient (Wildman–Crippen LogP) is 4.49. The summed E-state index contributed by atoms with van der Waals surface area (Å²) in [6.07, 6.45) is 0. The van der Waals surface area contributed by atoms with Gasteiger partial charge in [0.15, 0.2) is 0 Å². The molecule has 0 aliphatic rings. The first-order chi connectivity index (χ1) is 12.6. The largest absolute Gasteiger partial charge is 0.340 e. The summed E-state index contributed by atoms with van der Waals surface area (Å²) in [4.78, 5) is 17.2. The predicted molar refractivity (Wildman–Crippen MR) is 108 cm³/mol. The SMILES string of the molecule is CCN(C)C(C(=O)N(C)Cc1cccc2ccccc12)c1ccccc1. The number of hydrogen-bond donors (Lipinski definition) is 0. The summed E-state index contributed by atoms with van der Waals surface area (Å²) in [5.74, 6) is 0.119. The van der Waals surface area contributed by atoms with E-state index in [1.54, 1.807) is 0 Å². The molecule has 0 radical (unpaired) electrons. The maximum absolute atomic E-state index is 13.3. The van der Waals surface area contributed by atoms with Gasteiger partial charge < -0.3 is 4.90 Å². The molecule has 0 aliphatic heterocycles. The van der Waals surface area contributed by atoms with Crippen molar-refractivity contribution in [1.82, 2.24) is 9.80 Å². The zero-order chi connectivity index (χ0) is 18.5. The molecule has 0 saturated carbocycles. The Morgan fingerprint density at radius 3 is 2.27 bits per heavy atom. The van der Waals surface area contributed by atoms with E-state index in [1.165, 1.54) is 16.3 Å². The first-order valence-corrected chi connectivity index (χ1v) is 9.08. The first kappa shape index (κ1) is 18.2. The minimum Gasteiger partial charge on any atom is -0.340 e. The molecule has 3 rings (SSSR count). The number of likely N-dealkylation sites (N-methyl/N-ethyl adjacent to an activating group) is 2. The van der Waals surface area contributed by atoms with E-state index in [0.717, 1.165) is 12.1 Å². The van der Waals surface area contributed by atoms with Crippen molar-refractivity contribution in [3.63, 3.8) is 0 Å². The summed E-state index contributed by atoms with van der Waals surface area (Å²) in [5.41, 5.74) is 2.21. The molecule has 1 amide bonds. The Morgan fingerprint density at radius 1 is 0.885 bits per heavy atom. The summed E-state index contributed by atoms with van der Waals surface area (Å²) in [7, 11) is 3.89. The Kier molecular flexibility index (Phi) is 5.69. The molecule has 1 unspecified atom stereocenters. The second kappa shape index (κ2) is 8.15. The zero-order valence-electron chi connectivity index (χ0n) is 15.7. The van der Waals surface area contributed by atoms with Crippen molar-refractivity contribution in [2.75, 3.05) is 20.6 Å². The van der Waals surface area contributed by atoms with Gasteiger partial charge in [0.05, 0.1) is 0 Å². The number of carbonyl (C=O) groups is 1. The molecule has 3 nitrogen and oxygen atoms in total. The summed E-state index contributed by atoms with van der Waals surface area (Å²) in [5, 5.41) is 2.41. The number of benzene rings is 3. The number of amides is 1. The highest BCUT2D eigenvalue weighted by Gasteiger charge is 2.27. The fourth-order valence-electron chi connectivity index (χ4n) is 3.38. The number of fused-ring (bicyclic) bond motifs is 1. The van der Waals surface area contributed by atoms with Crippen LogP contribution in [0.15, 0.2) is 72.8 Å². The van der Waals surface area contributed by atoms with Crippen LogP contribution in [0.2, 0.25) is 0 Å². The van der Waals surface area contributed by atoms with Crippen molar-refractivity contribution in [2.45, 2.75) is 19.5 Å². The summed E-state index contributed by atoms with van der Waals surface area (Å²) >= 11 is 0. The van der Waals surface area contributed by atoms with Crippen molar-refractivity contribution in [3.8, 4) is 0 Å². The highest BCUT2D eigenvalue weighted by molar-refractivity contribution is 5.87. The van der Waals surface area contributed by atoms with Crippen molar-refractivity contribution < 1.29 is 4.79 Å². The Hall–Kier alpha value is -2.65. The third-order valence-electron chi connectivity index (χ3n) is 4.95. The van der Waals surface area contributed by atoms with E-state index in [2.05, 4.69) is 42.2 Å². The molecular formula is C23H26N2O. The van der Waals surface area contributed by atoms with E-state index < -0.39 is 0 Å². The van der Waals surface area contributed by atoms with Gasteiger partial charge in [0.25, 0.3) is 0 Å². The molecule has 0 heterocycles. The highest BCUT2D eigenvalue weighted by Crippen LogP contribution is 2.24. The lowest BCUT2D eigenvalue weighted by Crippen LogP contribution is -2.39. The number of rotatable bonds is 6. The van der Waals surface area contributed by atoms with E-state index in [9.17, 15) is 4.79 Å². The van der Waals surface area contributed by atoms with Crippen molar-refractivity contribution in [1.29, 1.82) is 0 Å².